The van der Waals surface area contributed by atoms with Crippen molar-refractivity contribution in [1.29, 1.82) is 0 Å². The maximum atomic E-state index is 14.7. The third-order valence-electron chi connectivity index (χ3n) is 7.93. The largest absolute Gasteiger partial charge is 0.355 e. The molecule has 3 N–H and O–H groups in total. The number of rotatable bonds is 2. The lowest BCUT2D eigenvalue weighted by Gasteiger charge is -2.34. The Morgan fingerprint density at radius 2 is 1.82 bits per heavy atom. The van der Waals surface area contributed by atoms with Crippen molar-refractivity contribution < 1.29 is 23.6 Å². The SMILES string of the molecule is CC(C)[C@@H]1CN(C(=O)C2CCNCC2)CC(=O)NCCCc2ccc(F)c(c2)C(=O)N2CCC[C@H]2C(=O)N1. The number of carbonyl (C=O) groups is 4. The van der Waals surface area contributed by atoms with Gasteiger partial charge in [0.1, 0.15) is 11.9 Å². The molecule has 4 rings (SSSR count). The van der Waals surface area contributed by atoms with Gasteiger partial charge in [-0.3, -0.25) is 19.2 Å². The van der Waals surface area contributed by atoms with Crippen molar-refractivity contribution in [3.63, 3.8) is 0 Å². The summed E-state index contributed by atoms with van der Waals surface area (Å²) >= 11 is 0. The van der Waals surface area contributed by atoms with E-state index in [9.17, 15) is 23.6 Å². The van der Waals surface area contributed by atoms with Crippen molar-refractivity contribution in [1.82, 2.24) is 25.8 Å². The molecular weight excluding hydrogens is 489 g/mol. The van der Waals surface area contributed by atoms with Gasteiger partial charge in [-0.15, -0.1) is 0 Å². The highest BCUT2D eigenvalue weighted by atomic mass is 19.1. The Morgan fingerprint density at radius 3 is 2.55 bits per heavy atom. The number of aryl methyl sites for hydroxylation is 1. The molecule has 0 aromatic heterocycles. The lowest BCUT2D eigenvalue weighted by molar-refractivity contribution is -0.141. The average Bonchev–Trinajstić information content (AvgIpc) is 3.40. The number of piperidine rings is 1. The summed E-state index contributed by atoms with van der Waals surface area (Å²) in [5, 5.41) is 9.23. The van der Waals surface area contributed by atoms with Gasteiger partial charge in [-0.1, -0.05) is 19.9 Å². The molecule has 208 valence electrons. The van der Waals surface area contributed by atoms with Crippen LogP contribution in [0.25, 0.3) is 0 Å². The second kappa shape index (κ2) is 12.7. The first-order valence-electron chi connectivity index (χ1n) is 13.9. The van der Waals surface area contributed by atoms with E-state index in [0.29, 0.717) is 51.6 Å². The van der Waals surface area contributed by atoms with Crippen LogP contribution in [0.3, 0.4) is 0 Å². The molecular formula is C28H40FN5O4. The van der Waals surface area contributed by atoms with Crippen LogP contribution in [-0.4, -0.2) is 84.8 Å². The minimum absolute atomic E-state index is 0.0212. The van der Waals surface area contributed by atoms with E-state index in [4.69, 9.17) is 0 Å². The quantitative estimate of drug-likeness (QED) is 0.537. The topological polar surface area (TPSA) is 111 Å². The molecule has 0 aliphatic carbocycles. The Bertz CT molecular complexity index is 1040. The number of amides is 4. The lowest BCUT2D eigenvalue weighted by atomic mass is 9.95. The van der Waals surface area contributed by atoms with Crippen molar-refractivity contribution in [2.45, 2.75) is 64.5 Å². The minimum atomic E-state index is -0.709. The maximum Gasteiger partial charge on any atom is 0.257 e. The summed E-state index contributed by atoms with van der Waals surface area (Å²) in [6.07, 6.45) is 3.72. The van der Waals surface area contributed by atoms with Gasteiger partial charge in [-0.2, -0.15) is 0 Å². The number of fused-ring (bicyclic) bond motifs is 3. The summed E-state index contributed by atoms with van der Waals surface area (Å²) in [6, 6.07) is 3.37. The summed E-state index contributed by atoms with van der Waals surface area (Å²) in [5.41, 5.74) is 0.755. The highest BCUT2D eigenvalue weighted by molar-refractivity contribution is 5.98. The number of nitrogens with zero attached hydrogens (tertiary/aromatic N) is 2. The van der Waals surface area contributed by atoms with Crippen molar-refractivity contribution in [3.8, 4) is 0 Å². The van der Waals surface area contributed by atoms with Crippen LogP contribution in [0, 0.1) is 17.7 Å². The molecule has 3 heterocycles. The normalized spacial score (nSPS) is 24.6. The number of benzene rings is 1. The second-order valence-electron chi connectivity index (χ2n) is 11.0. The Balaban J connectivity index is 1.61. The van der Waals surface area contributed by atoms with Gasteiger partial charge in [0.25, 0.3) is 5.91 Å². The molecule has 0 spiro atoms. The smallest absolute Gasteiger partial charge is 0.257 e. The van der Waals surface area contributed by atoms with E-state index in [1.807, 2.05) is 13.8 Å². The van der Waals surface area contributed by atoms with Gasteiger partial charge in [0.2, 0.25) is 17.7 Å². The van der Waals surface area contributed by atoms with Crippen molar-refractivity contribution in [2.75, 3.05) is 39.3 Å². The molecule has 2 bridgehead atoms. The third kappa shape index (κ3) is 6.70. The molecule has 1 aromatic carbocycles. The lowest BCUT2D eigenvalue weighted by Crippen LogP contribution is -2.55. The fraction of sp³-hybridized carbons (Fsp3) is 0.643. The van der Waals surface area contributed by atoms with E-state index >= 15 is 0 Å². The first-order valence-corrected chi connectivity index (χ1v) is 13.9. The first kappa shape index (κ1) is 28.0. The van der Waals surface area contributed by atoms with Gasteiger partial charge in [0.05, 0.1) is 12.1 Å². The number of hydrogen-bond donors (Lipinski definition) is 3. The van der Waals surface area contributed by atoms with Gasteiger partial charge in [0.15, 0.2) is 0 Å². The zero-order valence-electron chi connectivity index (χ0n) is 22.4. The molecule has 10 heteroatoms. The Morgan fingerprint density at radius 1 is 1.05 bits per heavy atom. The van der Waals surface area contributed by atoms with Crippen LogP contribution in [0.1, 0.15) is 61.9 Å². The molecule has 3 aliphatic rings. The summed E-state index contributed by atoms with van der Waals surface area (Å²) in [6.45, 7) is 6.34. The molecule has 0 unspecified atom stereocenters. The van der Waals surface area contributed by atoms with Gasteiger partial charge in [-0.25, -0.2) is 4.39 Å². The maximum absolute atomic E-state index is 14.7. The predicted octanol–water partition coefficient (Wildman–Crippen LogP) is 1.46. The molecule has 0 radical (unpaired) electrons. The predicted molar refractivity (Wildman–Crippen MR) is 141 cm³/mol. The van der Waals surface area contributed by atoms with Crippen molar-refractivity contribution in [3.05, 3.63) is 35.1 Å². The van der Waals surface area contributed by atoms with E-state index in [1.165, 1.54) is 11.0 Å². The fourth-order valence-electron chi connectivity index (χ4n) is 5.58. The summed E-state index contributed by atoms with van der Waals surface area (Å²) < 4.78 is 14.7. The zero-order valence-corrected chi connectivity index (χ0v) is 22.4. The second-order valence-corrected chi connectivity index (χ2v) is 11.0. The molecule has 3 aliphatic heterocycles. The molecule has 38 heavy (non-hydrogen) atoms. The van der Waals surface area contributed by atoms with Gasteiger partial charge >= 0.3 is 0 Å². The fourth-order valence-corrected chi connectivity index (χ4v) is 5.58. The molecule has 2 atom stereocenters. The minimum Gasteiger partial charge on any atom is -0.355 e. The van der Waals surface area contributed by atoms with E-state index in [-0.39, 0.29) is 48.2 Å². The Kier molecular flexibility index (Phi) is 9.35. The van der Waals surface area contributed by atoms with Gasteiger partial charge in [-0.05, 0) is 75.2 Å². The summed E-state index contributed by atoms with van der Waals surface area (Å²) in [5.74, 6) is -1.90. The molecule has 2 saturated heterocycles. The monoisotopic (exact) mass is 529 g/mol. The Hall–Kier alpha value is -3.01. The first-order chi connectivity index (χ1) is 18.2. The van der Waals surface area contributed by atoms with E-state index in [1.54, 1.807) is 17.0 Å². The Labute approximate surface area is 223 Å². The van der Waals surface area contributed by atoms with Gasteiger partial charge in [0, 0.05) is 31.6 Å². The highest BCUT2D eigenvalue weighted by Gasteiger charge is 2.37. The van der Waals surface area contributed by atoms with E-state index in [0.717, 1.165) is 18.7 Å². The summed E-state index contributed by atoms with van der Waals surface area (Å²) in [7, 11) is 0. The number of halogens is 1. The molecule has 9 nitrogen and oxygen atoms in total. The summed E-state index contributed by atoms with van der Waals surface area (Å²) in [4.78, 5) is 56.3. The van der Waals surface area contributed by atoms with Crippen molar-refractivity contribution in [2.24, 2.45) is 11.8 Å². The van der Waals surface area contributed by atoms with Crippen LogP contribution in [0.5, 0.6) is 0 Å². The highest BCUT2D eigenvalue weighted by Crippen LogP contribution is 2.24. The van der Waals surface area contributed by atoms with Crippen LogP contribution in [0.2, 0.25) is 0 Å². The van der Waals surface area contributed by atoms with Crippen molar-refractivity contribution >= 4 is 23.6 Å². The van der Waals surface area contributed by atoms with Crippen LogP contribution < -0.4 is 16.0 Å². The molecule has 2 fully saturated rings. The zero-order chi connectivity index (χ0) is 27.2. The van der Waals surface area contributed by atoms with Crippen LogP contribution in [0.4, 0.5) is 4.39 Å². The number of carbonyl (C=O) groups excluding carboxylic acids is 4. The number of hydrogen-bond acceptors (Lipinski definition) is 5. The van der Waals surface area contributed by atoms with Gasteiger partial charge < -0.3 is 25.8 Å². The molecule has 1 aromatic rings. The third-order valence-corrected chi connectivity index (χ3v) is 7.93. The average molecular weight is 530 g/mol. The molecule has 0 saturated carbocycles. The van der Waals surface area contributed by atoms with Crippen LogP contribution >= 0.6 is 0 Å². The molecule has 4 amide bonds. The van der Waals surface area contributed by atoms with E-state index in [2.05, 4.69) is 16.0 Å². The van der Waals surface area contributed by atoms with Crippen LogP contribution in [0.15, 0.2) is 18.2 Å². The standard InChI is InChI=1S/C28H40FN5O4/c1-18(2)23-16-33(27(37)20-9-12-30-13-10-20)17-25(35)31-11-3-5-19-7-8-22(29)21(15-19)28(38)34-14-4-6-24(34)26(36)32-23/h7-8,15,18,20,23-24,30H,3-6,9-14,16-17H2,1-2H3,(H,31,35)(H,32,36)/t23-,24-/m0/s1. The van der Waals surface area contributed by atoms with Crippen LogP contribution in [-0.2, 0) is 20.8 Å². The van der Waals surface area contributed by atoms with E-state index < -0.39 is 23.8 Å². The number of nitrogens with one attached hydrogen (secondary N) is 3.